The topological polar surface area (TPSA) is 63.5 Å². The molecule has 5 heteroatoms. The summed E-state index contributed by atoms with van der Waals surface area (Å²) < 4.78 is 0. The number of hydrogen-bond donors (Lipinski definition) is 0. The van der Waals surface area contributed by atoms with Crippen LogP contribution in [0.2, 0.25) is 0 Å². The Labute approximate surface area is 145 Å². The maximum atomic E-state index is 12.3. The molecule has 0 N–H and O–H groups in total. The van der Waals surface area contributed by atoms with Gasteiger partial charge in [0.05, 0.1) is 4.92 Å². The summed E-state index contributed by atoms with van der Waals surface area (Å²) >= 11 is 0. The van der Waals surface area contributed by atoms with Crippen LogP contribution < -0.4 is 0 Å². The van der Waals surface area contributed by atoms with Crippen LogP contribution in [0.15, 0.2) is 24.3 Å². The van der Waals surface area contributed by atoms with Crippen LogP contribution in [0.1, 0.15) is 64.4 Å². The minimum absolute atomic E-state index is 0.107. The molecule has 0 bridgehead atoms. The Kier molecular flexibility index (Phi) is 9.73. The van der Waals surface area contributed by atoms with Gasteiger partial charge in [-0.25, -0.2) is 0 Å². The number of carbonyl (C=O) groups is 1. The summed E-state index contributed by atoms with van der Waals surface area (Å²) in [5.74, 6) is 0.218. The number of nitro benzene ring substituents is 1. The summed E-state index contributed by atoms with van der Waals surface area (Å²) in [5, 5.41) is 10.6. The Morgan fingerprint density at radius 3 is 2.29 bits per heavy atom. The minimum atomic E-state index is -0.396. The predicted octanol–water partition coefficient (Wildman–Crippen LogP) is 4.74. The SMILES string of the molecule is CCCCCCCN(CC)C(=O)CCCc1ccc([N+](=O)[O-])cc1. The van der Waals surface area contributed by atoms with Gasteiger partial charge >= 0.3 is 0 Å². The molecule has 0 aliphatic carbocycles. The highest BCUT2D eigenvalue weighted by Gasteiger charge is 2.11. The molecule has 0 aromatic heterocycles. The van der Waals surface area contributed by atoms with Crippen molar-refractivity contribution in [2.45, 2.75) is 65.2 Å². The van der Waals surface area contributed by atoms with E-state index in [1.54, 1.807) is 12.1 Å². The Hall–Kier alpha value is -1.91. The van der Waals surface area contributed by atoms with Crippen molar-refractivity contribution in [3.05, 3.63) is 39.9 Å². The monoisotopic (exact) mass is 334 g/mol. The molecule has 0 saturated heterocycles. The number of nitrogens with zero attached hydrogens (tertiary/aromatic N) is 2. The second kappa shape index (κ2) is 11.6. The van der Waals surface area contributed by atoms with E-state index in [2.05, 4.69) is 6.92 Å². The number of hydrogen-bond acceptors (Lipinski definition) is 3. The van der Waals surface area contributed by atoms with Crippen molar-refractivity contribution < 1.29 is 9.72 Å². The van der Waals surface area contributed by atoms with Gasteiger partial charge in [-0.1, -0.05) is 44.7 Å². The molecule has 0 fully saturated rings. The van der Waals surface area contributed by atoms with Gasteiger partial charge in [0.15, 0.2) is 0 Å². The second-order valence-corrected chi connectivity index (χ2v) is 6.16. The Balaban J connectivity index is 2.28. The molecular weight excluding hydrogens is 304 g/mol. The first-order chi connectivity index (χ1) is 11.6. The summed E-state index contributed by atoms with van der Waals surface area (Å²) in [4.78, 5) is 24.4. The molecule has 0 spiro atoms. The van der Waals surface area contributed by atoms with Crippen molar-refractivity contribution in [2.24, 2.45) is 0 Å². The number of carbonyl (C=O) groups excluding carboxylic acids is 1. The maximum Gasteiger partial charge on any atom is 0.269 e. The van der Waals surface area contributed by atoms with E-state index in [-0.39, 0.29) is 11.6 Å². The number of nitro groups is 1. The maximum absolute atomic E-state index is 12.3. The largest absolute Gasteiger partial charge is 0.343 e. The van der Waals surface area contributed by atoms with Crippen molar-refractivity contribution in [3.63, 3.8) is 0 Å². The third-order valence-electron chi connectivity index (χ3n) is 4.27. The lowest BCUT2D eigenvalue weighted by Crippen LogP contribution is -2.31. The Morgan fingerprint density at radius 1 is 1.04 bits per heavy atom. The van der Waals surface area contributed by atoms with Crippen LogP contribution >= 0.6 is 0 Å². The highest BCUT2D eigenvalue weighted by atomic mass is 16.6. The third-order valence-corrected chi connectivity index (χ3v) is 4.27. The number of rotatable bonds is 12. The molecular formula is C19H30N2O3. The van der Waals surface area contributed by atoms with Gasteiger partial charge in [-0.15, -0.1) is 0 Å². The standard InChI is InChI=1S/C19H30N2O3/c1-3-5-6-7-8-16-20(4-2)19(22)11-9-10-17-12-14-18(15-13-17)21(23)24/h12-15H,3-11,16H2,1-2H3. The van der Waals surface area contributed by atoms with E-state index < -0.39 is 4.92 Å². The molecule has 0 atom stereocenters. The molecule has 5 nitrogen and oxygen atoms in total. The fourth-order valence-corrected chi connectivity index (χ4v) is 2.75. The Morgan fingerprint density at radius 2 is 1.71 bits per heavy atom. The fraction of sp³-hybridized carbons (Fsp3) is 0.632. The van der Waals surface area contributed by atoms with Crippen LogP contribution in [0.3, 0.4) is 0 Å². The van der Waals surface area contributed by atoms with Gasteiger partial charge < -0.3 is 4.90 Å². The van der Waals surface area contributed by atoms with Crippen LogP contribution in [0.5, 0.6) is 0 Å². The van der Waals surface area contributed by atoms with Crippen LogP contribution in [-0.2, 0) is 11.2 Å². The molecule has 1 aromatic rings. The highest BCUT2D eigenvalue weighted by Crippen LogP contribution is 2.14. The number of benzene rings is 1. The summed E-state index contributed by atoms with van der Waals surface area (Å²) in [7, 11) is 0. The molecule has 0 heterocycles. The van der Waals surface area contributed by atoms with Crippen molar-refractivity contribution in [1.29, 1.82) is 0 Å². The van der Waals surface area contributed by atoms with Crippen LogP contribution in [-0.4, -0.2) is 28.8 Å². The molecule has 1 amide bonds. The van der Waals surface area contributed by atoms with Crippen molar-refractivity contribution in [3.8, 4) is 0 Å². The molecule has 1 aromatic carbocycles. The summed E-state index contributed by atoms with van der Waals surface area (Å²) in [6, 6.07) is 6.58. The highest BCUT2D eigenvalue weighted by molar-refractivity contribution is 5.76. The predicted molar refractivity (Wildman–Crippen MR) is 97.0 cm³/mol. The van der Waals surface area contributed by atoms with E-state index in [4.69, 9.17) is 0 Å². The first-order valence-corrected chi connectivity index (χ1v) is 9.09. The van der Waals surface area contributed by atoms with E-state index in [1.165, 1.54) is 37.8 Å². The zero-order valence-corrected chi connectivity index (χ0v) is 15.0. The number of unbranched alkanes of at least 4 members (excludes halogenated alkanes) is 4. The van der Waals surface area contributed by atoms with E-state index >= 15 is 0 Å². The first kappa shape index (κ1) is 20.1. The van der Waals surface area contributed by atoms with E-state index in [9.17, 15) is 14.9 Å². The van der Waals surface area contributed by atoms with E-state index in [0.717, 1.165) is 37.9 Å². The number of amides is 1. The molecule has 24 heavy (non-hydrogen) atoms. The van der Waals surface area contributed by atoms with E-state index in [1.807, 2.05) is 11.8 Å². The normalized spacial score (nSPS) is 10.6. The van der Waals surface area contributed by atoms with Gasteiger partial charge in [-0.05, 0) is 31.7 Å². The lowest BCUT2D eigenvalue weighted by atomic mass is 10.1. The average Bonchev–Trinajstić information content (AvgIpc) is 2.58. The summed E-state index contributed by atoms with van der Waals surface area (Å²) in [6.45, 7) is 5.85. The number of aryl methyl sites for hydroxylation is 1. The van der Waals surface area contributed by atoms with Gasteiger partial charge in [0.2, 0.25) is 5.91 Å². The van der Waals surface area contributed by atoms with Crippen LogP contribution in [0.25, 0.3) is 0 Å². The van der Waals surface area contributed by atoms with Gasteiger partial charge in [0.1, 0.15) is 0 Å². The molecule has 1 rings (SSSR count). The molecule has 134 valence electrons. The zero-order chi connectivity index (χ0) is 17.8. The quantitative estimate of drug-likeness (QED) is 0.315. The van der Waals surface area contributed by atoms with Gasteiger partial charge in [0.25, 0.3) is 5.69 Å². The van der Waals surface area contributed by atoms with Crippen molar-refractivity contribution in [2.75, 3.05) is 13.1 Å². The lowest BCUT2D eigenvalue weighted by molar-refractivity contribution is -0.384. The lowest BCUT2D eigenvalue weighted by Gasteiger charge is -2.21. The molecule has 0 unspecified atom stereocenters. The Bertz CT molecular complexity index is 500. The zero-order valence-electron chi connectivity index (χ0n) is 15.0. The summed E-state index contributed by atoms with van der Waals surface area (Å²) in [6.07, 6.45) is 8.14. The van der Waals surface area contributed by atoms with Gasteiger partial charge in [0, 0.05) is 31.6 Å². The van der Waals surface area contributed by atoms with Gasteiger partial charge in [-0.3, -0.25) is 14.9 Å². The van der Waals surface area contributed by atoms with Crippen molar-refractivity contribution in [1.82, 2.24) is 4.90 Å². The summed E-state index contributed by atoms with van der Waals surface area (Å²) in [5.41, 5.74) is 1.14. The number of non-ortho nitro benzene ring substituents is 1. The fourth-order valence-electron chi connectivity index (χ4n) is 2.75. The molecule has 0 aliphatic rings. The minimum Gasteiger partial charge on any atom is -0.343 e. The smallest absolute Gasteiger partial charge is 0.269 e. The van der Waals surface area contributed by atoms with Gasteiger partial charge in [-0.2, -0.15) is 0 Å². The molecule has 0 aliphatic heterocycles. The first-order valence-electron chi connectivity index (χ1n) is 9.09. The van der Waals surface area contributed by atoms with Crippen LogP contribution in [0, 0.1) is 10.1 Å². The molecule has 0 saturated carbocycles. The van der Waals surface area contributed by atoms with Crippen LogP contribution in [0.4, 0.5) is 5.69 Å². The second-order valence-electron chi connectivity index (χ2n) is 6.16. The third kappa shape index (κ3) is 7.57. The van der Waals surface area contributed by atoms with E-state index in [0.29, 0.717) is 6.42 Å². The average molecular weight is 334 g/mol. The molecule has 0 radical (unpaired) electrons. The van der Waals surface area contributed by atoms with Crippen molar-refractivity contribution >= 4 is 11.6 Å².